The van der Waals surface area contributed by atoms with Gasteiger partial charge in [0.05, 0.1) is 35.7 Å². The predicted octanol–water partition coefficient (Wildman–Crippen LogP) is 13.1. The molecule has 3 spiro atoms. The van der Waals surface area contributed by atoms with E-state index in [0.717, 1.165) is 134 Å². The SMILES string of the molecule is COCC1C2C#CC3C#CC4=C(C=CC(N)N4)C4C56C=CC7CCCCC74c4ccc(c(c4)C2)CCCC(NCc2c(O)c4c(c(c23)C2Oc3c(ccc7c3C(CC5)(Cc3cc(O)cc(OCO)c3-7)C6)C2COC(C)=O)C=CC2NC3CCCC(CSSC(Cc5ccccc5)C2O4)C3)C1CO. The maximum atomic E-state index is 14.4. The number of esters is 1. The number of aromatic hydroxyl groups is 2. The normalized spacial score (nSPS) is 34.5. The van der Waals surface area contributed by atoms with Crippen molar-refractivity contribution in [2.45, 2.75) is 187 Å². The fraction of sp³-hybridized carbons (Fsp3) is 0.500. The number of dihydropyridines is 1. The molecule has 4 fully saturated rings. The molecular formula is C86H94N4O10S2. The minimum Gasteiger partial charge on any atom is -0.508 e. The molecule has 6 heterocycles. The Morgan fingerprint density at radius 2 is 1.75 bits per heavy atom. The maximum Gasteiger partial charge on any atom is 0.302 e. The summed E-state index contributed by atoms with van der Waals surface area (Å²) in [5, 5.41) is 61.2. The van der Waals surface area contributed by atoms with Gasteiger partial charge in [-0.2, -0.15) is 0 Å². The van der Waals surface area contributed by atoms with Crippen LogP contribution >= 0.6 is 21.6 Å². The van der Waals surface area contributed by atoms with E-state index in [1.54, 1.807) is 13.2 Å². The topological polar surface area (TPSA) is 206 Å². The summed E-state index contributed by atoms with van der Waals surface area (Å²) in [7, 11) is 5.63. The number of nitrogens with two attached hydrogens (primary N) is 1. The van der Waals surface area contributed by atoms with E-state index in [-0.39, 0.29) is 84.2 Å². The smallest absolute Gasteiger partial charge is 0.302 e. The number of carbonyl (C=O) groups is 1. The number of aliphatic hydroxyl groups excluding tert-OH is 2. The fourth-order valence-electron chi connectivity index (χ4n) is 22.3. The molecule has 18 atom stereocenters. The van der Waals surface area contributed by atoms with Crippen LogP contribution in [0.5, 0.6) is 28.7 Å². The van der Waals surface area contributed by atoms with Gasteiger partial charge in [0.2, 0.25) is 0 Å². The Morgan fingerprint density at radius 1 is 0.853 bits per heavy atom. The number of benzene rings is 5. The van der Waals surface area contributed by atoms with Gasteiger partial charge >= 0.3 is 5.97 Å². The Kier molecular flexibility index (Phi) is 17.6. The first-order chi connectivity index (χ1) is 49.8. The zero-order valence-electron chi connectivity index (χ0n) is 58.4. The first-order valence-electron chi connectivity index (χ1n) is 37.9. The van der Waals surface area contributed by atoms with Crippen molar-refractivity contribution in [3.05, 3.63) is 176 Å². The molecule has 18 rings (SSSR count). The third kappa shape index (κ3) is 11.2. The number of allylic oxidation sites excluding steroid dienone is 5. The minimum absolute atomic E-state index is 0.0000247. The number of aryl methyl sites for hydroxylation is 1. The first kappa shape index (κ1) is 66.8. The Labute approximate surface area is 607 Å². The highest BCUT2D eigenvalue weighted by molar-refractivity contribution is 8.77. The van der Waals surface area contributed by atoms with Crippen molar-refractivity contribution in [1.82, 2.24) is 16.0 Å². The molecular weight excluding hydrogens is 1310 g/mol. The van der Waals surface area contributed by atoms with E-state index in [1.165, 1.54) is 35.6 Å². The largest absolute Gasteiger partial charge is 0.508 e. The van der Waals surface area contributed by atoms with Gasteiger partial charge < -0.3 is 65.8 Å². The highest BCUT2D eigenvalue weighted by atomic mass is 33.1. The van der Waals surface area contributed by atoms with E-state index in [9.17, 15) is 25.2 Å². The lowest BCUT2D eigenvalue weighted by molar-refractivity contribution is -0.141. The van der Waals surface area contributed by atoms with Crippen LogP contribution < -0.4 is 35.9 Å². The number of phenolic OH excluding ortho intramolecular Hbond substituents is 2. The van der Waals surface area contributed by atoms with Gasteiger partial charge in [0, 0.05) is 119 Å². The number of ether oxygens (including phenoxy) is 5. The summed E-state index contributed by atoms with van der Waals surface area (Å²) in [5.41, 5.74) is 20.0. The van der Waals surface area contributed by atoms with E-state index >= 15 is 0 Å². The number of fused-ring (bicyclic) bond motifs is 12. The highest BCUT2D eigenvalue weighted by Gasteiger charge is 2.65. The number of nitrogens with one attached hydrogen (secondary N) is 3. The molecule has 13 aliphatic rings. The molecule has 18 unspecified atom stereocenters. The summed E-state index contributed by atoms with van der Waals surface area (Å²) in [6.07, 6.45) is 27.5. The molecule has 5 aromatic rings. The Balaban J connectivity index is 0.986. The van der Waals surface area contributed by atoms with Gasteiger partial charge in [-0.05, 0) is 170 Å². The first-order valence-corrected chi connectivity index (χ1v) is 40.3. The molecule has 0 radical (unpaired) electrons. The lowest BCUT2D eigenvalue weighted by Crippen LogP contribution is -2.55. The van der Waals surface area contributed by atoms with E-state index < -0.39 is 59.2 Å². The highest BCUT2D eigenvalue weighted by Crippen LogP contribution is 2.72. The molecule has 3 saturated carbocycles. The van der Waals surface area contributed by atoms with Crippen LogP contribution in [0.4, 0.5) is 0 Å². The summed E-state index contributed by atoms with van der Waals surface area (Å²) in [6, 6.07) is 25.9. The van der Waals surface area contributed by atoms with Crippen molar-refractivity contribution in [3.8, 4) is 63.6 Å². The second kappa shape index (κ2) is 26.8. The minimum atomic E-state index is -0.912. The summed E-state index contributed by atoms with van der Waals surface area (Å²) >= 11 is 0. The van der Waals surface area contributed by atoms with E-state index in [4.69, 9.17) is 29.4 Å². The molecule has 5 aromatic carbocycles. The van der Waals surface area contributed by atoms with Crippen LogP contribution in [-0.4, -0.2) is 102 Å². The van der Waals surface area contributed by atoms with Gasteiger partial charge in [0.1, 0.15) is 42.0 Å². The van der Waals surface area contributed by atoms with Crippen molar-refractivity contribution >= 4 is 33.6 Å². The quantitative estimate of drug-likeness (QED) is 0.0227. The zero-order valence-corrected chi connectivity index (χ0v) is 60.1. The molecule has 0 amide bonds. The van der Waals surface area contributed by atoms with Crippen molar-refractivity contribution in [2.75, 3.05) is 39.5 Å². The van der Waals surface area contributed by atoms with Gasteiger partial charge in [-0.1, -0.05) is 150 Å². The van der Waals surface area contributed by atoms with Crippen LogP contribution in [0.1, 0.15) is 170 Å². The summed E-state index contributed by atoms with van der Waals surface area (Å²) in [6.45, 7) is 1.25. The van der Waals surface area contributed by atoms with Crippen molar-refractivity contribution < 1.29 is 48.9 Å². The van der Waals surface area contributed by atoms with Gasteiger partial charge in [0.25, 0.3) is 0 Å². The van der Waals surface area contributed by atoms with Crippen LogP contribution in [0.3, 0.4) is 0 Å². The van der Waals surface area contributed by atoms with Crippen LogP contribution in [0.2, 0.25) is 0 Å². The van der Waals surface area contributed by atoms with E-state index in [2.05, 4.69) is 137 Å². The van der Waals surface area contributed by atoms with Crippen molar-refractivity contribution in [2.24, 2.45) is 46.7 Å². The second-order valence-corrected chi connectivity index (χ2v) is 34.7. The van der Waals surface area contributed by atoms with Crippen LogP contribution in [-0.2, 0) is 57.3 Å². The number of hydrogen-bond acceptors (Lipinski definition) is 16. The number of hydrogen-bond donors (Lipinski definition) is 8. The van der Waals surface area contributed by atoms with Gasteiger partial charge in [-0.25, -0.2) is 0 Å². The van der Waals surface area contributed by atoms with Crippen molar-refractivity contribution in [1.29, 1.82) is 0 Å². The predicted molar refractivity (Wildman–Crippen MR) is 399 cm³/mol. The standard InChI is InChI=1S/C86H94N4O10S2/c1-48(93)97-44-67-60-22-23-62-74-55(38-59(94)39-71(74)98-47-92)40-85-33-32-84(46-85)31-29-56-14-6-7-30-86(56)57-21-19-51-13-9-16-68-65(42-91)66(43-96-2)53(36-54(51)37-57)18-17-52(20-26-69-61(83(84)86)25-28-73(87)90-69)75-64(41-88-68)78(95)81-63(76(75)79(67)99-80(60)77(62)85)24-27-70-82(100-81)72(35-49-10-4-3-5-11-49)102-101-45-50-12-8-15-58(34-50)89-70/h3-5,10-11,19,21-25,27-29,31,37-39,50,52-53,56,58,65-68,70,72-73,79,82-83,88-92,94-95H,6-9,12-16,30,32-36,40-47,87H2,1-2H3. The van der Waals surface area contributed by atoms with E-state index in [1.807, 2.05) is 27.7 Å². The van der Waals surface area contributed by atoms with Gasteiger partial charge in [-0.3, -0.25) is 4.79 Å². The lowest BCUT2D eigenvalue weighted by atomic mass is 9.44. The number of phenols is 2. The molecule has 0 aromatic heterocycles. The summed E-state index contributed by atoms with van der Waals surface area (Å²) < 4.78 is 35.3. The molecule has 9 N–H and O–H groups in total. The molecule has 6 aliphatic heterocycles. The Hall–Kier alpha value is -7.09. The zero-order chi connectivity index (χ0) is 69.2. The molecule has 530 valence electrons. The molecule has 14 nitrogen and oxygen atoms in total. The third-order valence-corrected chi connectivity index (χ3v) is 29.5. The van der Waals surface area contributed by atoms with Gasteiger partial charge in [-0.15, -0.1) is 0 Å². The maximum absolute atomic E-state index is 14.4. The molecule has 16 heteroatoms. The average molecular weight is 1410 g/mol. The van der Waals surface area contributed by atoms with Crippen LogP contribution in [0, 0.1) is 64.6 Å². The average Bonchev–Trinajstić information content (AvgIpc) is 1.45. The number of rotatable bonds is 9. The third-order valence-electron chi connectivity index (χ3n) is 26.5. The monoisotopic (exact) mass is 1410 g/mol. The van der Waals surface area contributed by atoms with Crippen molar-refractivity contribution in [3.63, 3.8) is 0 Å². The Bertz CT molecular complexity index is 4450. The molecule has 12 bridgehead atoms. The number of methoxy groups -OCH3 is 1. The fourth-order valence-corrected chi connectivity index (χ4v) is 25.5. The molecule has 1 saturated heterocycles. The molecule has 102 heavy (non-hydrogen) atoms. The van der Waals surface area contributed by atoms with Crippen LogP contribution in [0.25, 0.3) is 17.2 Å². The Morgan fingerprint density at radius 3 is 2.62 bits per heavy atom. The molecule has 7 aliphatic carbocycles. The van der Waals surface area contributed by atoms with Gasteiger partial charge in [0.15, 0.2) is 18.3 Å². The lowest BCUT2D eigenvalue weighted by Gasteiger charge is -2.59. The summed E-state index contributed by atoms with van der Waals surface area (Å²) in [4.78, 5) is 13.8. The van der Waals surface area contributed by atoms with Crippen LogP contribution in [0.15, 0.2) is 114 Å². The second-order valence-electron chi connectivity index (χ2n) is 32.0. The number of carbonyl (C=O) groups excluding carboxylic acids is 1. The van der Waals surface area contributed by atoms with E-state index in [0.29, 0.717) is 65.7 Å². The number of aliphatic hydroxyl groups is 2. The summed E-state index contributed by atoms with van der Waals surface area (Å²) in [5.74, 6) is 16.4.